The molecule has 0 spiro atoms. The number of nitrogens with one attached hydrogen (secondary N) is 1. The maximum Gasteiger partial charge on any atom is 0.161 e. The van der Waals surface area contributed by atoms with Gasteiger partial charge < -0.3 is 5.32 Å². The molecule has 3 rings (SSSR count). The zero-order chi connectivity index (χ0) is 14.7. The SMILES string of the molecule is CNc1ccnc(-c2ccc(C(C)N3CCCC3)cc2)n1. The molecule has 1 aromatic carbocycles. The summed E-state index contributed by atoms with van der Waals surface area (Å²) in [5, 5.41) is 3.05. The van der Waals surface area contributed by atoms with Gasteiger partial charge in [-0.15, -0.1) is 0 Å². The van der Waals surface area contributed by atoms with Crippen molar-refractivity contribution in [1.29, 1.82) is 0 Å². The van der Waals surface area contributed by atoms with Crippen LogP contribution in [-0.2, 0) is 0 Å². The number of hydrogen-bond donors (Lipinski definition) is 1. The van der Waals surface area contributed by atoms with Crippen LogP contribution in [0.5, 0.6) is 0 Å². The molecule has 110 valence electrons. The van der Waals surface area contributed by atoms with Gasteiger partial charge in [0.25, 0.3) is 0 Å². The van der Waals surface area contributed by atoms with Gasteiger partial charge in [-0.2, -0.15) is 0 Å². The van der Waals surface area contributed by atoms with Crippen molar-refractivity contribution < 1.29 is 0 Å². The number of nitrogens with zero attached hydrogens (tertiary/aromatic N) is 3. The lowest BCUT2D eigenvalue weighted by Crippen LogP contribution is -2.23. The van der Waals surface area contributed by atoms with Crippen LogP contribution < -0.4 is 5.32 Å². The number of benzene rings is 1. The quantitative estimate of drug-likeness (QED) is 0.933. The van der Waals surface area contributed by atoms with Crippen molar-refractivity contribution in [1.82, 2.24) is 14.9 Å². The van der Waals surface area contributed by atoms with Crippen molar-refractivity contribution in [2.45, 2.75) is 25.8 Å². The maximum atomic E-state index is 4.48. The van der Waals surface area contributed by atoms with E-state index in [-0.39, 0.29) is 0 Å². The van der Waals surface area contributed by atoms with Gasteiger partial charge >= 0.3 is 0 Å². The summed E-state index contributed by atoms with van der Waals surface area (Å²) in [4.78, 5) is 11.4. The van der Waals surface area contributed by atoms with Crippen LogP contribution in [-0.4, -0.2) is 35.0 Å². The molecule has 21 heavy (non-hydrogen) atoms. The monoisotopic (exact) mass is 282 g/mol. The van der Waals surface area contributed by atoms with E-state index in [4.69, 9.17) is 0 Å². The molecule has 1 aliphatic heterocycles. The molecule has 4 heteroatoms. The van der Waals surface area contributed by atoms with Gasteiger partial charge in [0.2, 0.25) is 0 Å². The summed E-state index contributed by atoms with van der Waals surface area (Å²) in [5.41, 5.74) is 2.43. The third-order valence-electron chi connectivity index (χ3n) is 4.25. The molecular weight excluding hydrogens is 260 g/mol. The number of likely N-dealkylation sites (tertiary alicyclic amines) is 1. The van der Waals surface area contributed by atoms with Crippen LogP contribution in [0.25, 0.3) is 11.4 Å². The Hall–Kier alpha value is -1.94. The van der Waals surface area contributed by atoms with Gasteiger partial charge in [0, 0.05) is 24.8 Å². The van der Waals surface area contributed by atoms with Crippen LogP contribution in [0.1, 0.15) is 31.4 Å². The fourth-order valence-corrected chi connectivity index (χ4v) is 2.89. The third-order valence-corrected chi connectivity index (χ3v) is 4.25. The lowest BCUT2D eigenvalue weighted by atomic mass is 10.0. The van der Waals surface area contributed by atoms with Crippen LogP contribution in [0.4, 0.5) is 5.82 Å². The van der Waals surface area contributed by atoms with E-state index in [1.54, 1.807) is 6.20 Å². The average Bonchev–Trinajstić information content (AvgIpc) is 3.09. The lowest BCUT2D eigenvalue weighted by molar-refractivity contribution is 0.263. The molecular formula is C17H22N4. The summed E-state index contributed by atoms with van der Waals surface area (Å²) >= 11 is 0. The molecule has 0 aliphatic carbocycles. The smallest absolute Gasteiger partial charge is 0.161 e. The molecule has 1 unspecified atom stereocenters. The minimum atomic E-state index is 0.492. The van der Waals surface area contributed by atoms with E-state index in [0.717, 1.165) is 17.2 Å². The van der Waals surface area contributed by atoms with E-state index in [9.17, 15) is 0 Å². The van der Waals surface area contributed by atoms with Crippen LogP contribution in [0.15, 0.2) is 36.5 Å². The second-order valence-corrected chi connectivity index (χ2v) is 5.56. The van der Waals surface area contributed by atoms with Crippen LogP contribution in [0.3, 0.4) is 0 Å². The van der Waals surface area contributed by atoms with Crippen LogP contribution in [0.2, 0.25) is 0 Å². The van der Waals surface area contributed by atoms with Crippen molar-refractivity contribution in [3.05, 3.63) is 42.1 Å². The van der Waals surface area contributed by atoms with Crippen LogP contribution >= 0.6 is 0 Å². The molecule has 2 aromatic rings. The standard InChI is InChI=1S/C17H22N4/c1-13(21-11-3-4-12-21)14-5-7-15(8-6-14)17-19-10-9-16(18-2)20-17/h5-10,13H,3-4,11-12H2,1-2H3,(H,18,19,20). The topological polar surface area (TPSA) is 41.1 Å². The Morgan fingerprint density at radius 2 is 1.81 bits per heavy atom. The van der Waals surface area contributed by atoms with Crippen molar-refractivity contribution in [2.75, 3.05) is 25.5 Å². The van der Waals surface area contributed by atoms with Gasteiger partial charge in [0.1, 0.15) is 5.82 Å². The molecule has 1 fully saturated rings. The van der Waals surface area contributed by atoms with E-state index in [1.807, 2.05) is 13.1 Å². The molecule has 4 nitrogen and oxygen atoms in total. The first-order chi connectivity index (χ1) is 10.3. The van der Waals surface area contributed by atoms with Gasteiger partial charge in [-0.05, 0) is 44.5 Å². The van der Waals surface area contributed by atoms with E-state index in [1.165, 1.54) is 31.5 Å². The maximum absolute atomic E-state index is 4.48. The summed E-state index contributed by atoms with van der Waals surface area (Å²) in [7, 11) is 1.87. The summed E-state index contributed by atoms with van der Waals surface area (Å²) in [6.07, 6.45) is 4.44. The van der Waals surface area contributed by atoms with Gasteiger partial charge in [-0.3, -0.25) is 4.90 Å². The molecule has 1 atom stereocenters. The molecule has 0 radical (unpaired) electrons. The summed E-state index contributed by atoms with van der Waals surface area (Å²) in [6, 6.07) is 11.0. The Bertz CT molecular complexity index is 588. The first-order valence-corrected chi connectivity index (χ1v) is 7.63. The van der Waals surface area contributed by atoms with E-state index < -0.39 is 0 Å². The Kier molecular flexibility index (Phi) is 4.15. The largest absolute Gasteiger partial charge is 0.373 e. The van der Waals surface area contributed by atoms with Crippen molar-refractivity contribution in [3.63, 3.8) is 0 Å². The highest BCUT2D eigenvalue weighted by molar-refractivity contribution is 5.57. The average molecular weight is 282 g/mol. The zero-order valence-electron chi connectivity index (χ0n) is 12.7. The second kappa shape index (κ2) is 6.22. The van der Waals surface area contributed by atoms with Crippen LogP contribution in [0, 0.1) is 0 Å². The predicted molar refractivity (Wildman–Crippen MR) is 86.2 cm³/mol. The summed E-state index contributed by atoms with van der Waals surface area (Å²) in [5.74, 6) is 1.61. The normalized spacial score (nSPS) is 16.9. The highest BCUT2D eigenvalue weighted by atomic mass is 15.2. The second-order valence-electron chi connectivity index (χ2n) is 5.56. The van der Waals surface area contributed by atoms with Gasteiger partial charge in [-0.1, -0.05) is 24.3 Å². The minimum Gasteiger partial charge on any atom is -0.373 e. The number of rotatable bonds is 4. The molecule has 1 N–H and O–H groups in total. The Labute approximate surface area is 126 Å². The number of hydrogen-bond acceptors (Lipinski definition) is 4. The lowest BCUT2D eigenvalue weighted by Gasteiger charge is -2.24. The first-order valence-electron chi connectivity index (χ1n) is 7.63. The van der Waals surface area contributed by atoms with Gasteiger partial charge in [0.05, 0.1) is 0 Å². The van der Waals surface area contributed by atoms with Crippen molar-refractivity contribution in [3.8, 4) is 11.4 Å². The number of aromatic nitrogens is 2. The van der Waals surface area contributed by atoms with E-state index in [0.29, 0.717) is 6.04 Å². The highest BCUT2D eigenvalue weighted by Crippen LogP contribution is 2.26. The molecule has 0 bridgehead atoms. The molecule has 0 amide bonds. The van der Waals surface area contributed by atoms with E-state index in [2.05, 4.69) is 51.4 Å². The number of anilines is 1. The zero-order valence-corrected chi connectivity index (χ0v) is 12.7. The molecule has 0 saturated carbocycles. The Morgan fingerprint density at radius 3 is 2.48 bits per heavy atom. The van der Waals surface area contributed by atoms with Crippen molar-refractivity contribution in [2.24, 2.45) is 0 Å². The molecule has 1 saturated heterocycles. The van der Waals surface area contributed by atoms with Gasteiger partial charge in [-0.25, -0.2) is 9.97 Å². The minimum absolute atomic E-state index is 0.492. The summed E-state index contributed by atoms with van der Waals surface area (Å²) in [6.45, 7) is 4.73. The van der Waals surface area contributed by atoms with E-state index >= 15 is 0 Å². The molecule has 1 aromatic heterocycles. The fraction of sp³-hybridized carbons (Fsp3) is 0.412. The Morgan fingerprint density at radius 1 is 1.10 bits per heavy atom. The van der Waals surface area contributed by atoms with Crippen molar-refractivity contribution >= 4 is 5.82 Å². The molecule has 1 aliphatic rings. The van der Waals surface area contributed by atoms with Gasteiger partial charge in [0.15, 0.2) is 5.82 Å². The third kappa shape index (κ3) is 3.05. The summed E-state index contributed by atoms with van der Waals surface area (Å²) < 4.78 is 0. The Balaban J connectivity index is 1.79. The molecule has 2 heterocycles. The highest BCUT2D eigenvalue weighted by Gasteiger charge is 2.19. The fourth-order valence-electron chi connectivity index (χ4n) is 2.89. The first kappa shape index (κ1) is 14.0. The predicted octanol–water partition coefficient (Wildman–Crippen LogP) is 3.34.